The van der Waals surface area contributed by atoms with Gasteiger partial charge in [-0.2, -0.15) is 4.99 Å². The molecule has 0 saturated carbocycles. The van der Waals surface area contributed by atoms with Gasteiger partial charge in [0, 0.05) is 17.3 Å². The second-order valence-corrected chi connectivity index (χ2v) is 9.08. The van der Waals surface area contributed by atoms with E-state index in [1.165, 1.54) is 27.4 Å². The van der Waals surface area contributed by atoms with Crippen LogP contribution in [0.4, 0.5) is 0 Å². The maximum absolute atomic E-state index is 13.6. The van der Waals surface area contributed by atoms with E-state index in [0.29, 0.717) is 16.4 Å². The summed E-state index contributed by atoms with van der Waals surface area (Å²) >= 11 is 5.94. The van der Waals surface area contributed by atoms with Gasteiger partial charge in [0.1, 0.15) is 22.6 Å². The van der Waals surface area contributed by atoms with Crippen LogP contribution in [0.1, 0.15) is 34.2 Å². The van der Waals surface area contributed by atoms with E-state index in [2.05, 4.69) is 4.99 Å². The number of furan rings is 1. The van der Waals surface area contributed by atoms with Crippen molar-refractivity contribution in [2.45, 2.75) is 20.4 Å². The second-order valence-electron chi connectivity index (χ2n) is 8.64. The Morgan fingerprint density at radius 3 is 2.64 bits per heavy atom. The van der Waals surface area contributed by atoms with Gasteiger partial charge in [-0.15, -0.1) is 0 Å². The number of hydrogen-bond acceptors (Lipinski definition) is 6. The van der Waals surface area contributed by atoms with Crippen LogP contribution in [0, 0.1) is 6.92 Å². The lowest BCUT2D eigenvalue weighted by Gasteiger charge is -2.14. The number of halogens is 1. The summed E-state index contributed by atoms with van der Waals surface area (Å²) in [4.78, 5) is 48.8. The molecular formula is C29H23ClN4O5. The first kappa shape index (κ1) is 25.9. The Morgan fingerprint density at radius 2 is 1.92 bits per heavy atom. The third-order valence-electron chi connectivity index (χ3n) is 6.00. The average Bonchev–Trinajstić information content (AvgIpc) is 3.44. The molecule has 4 heterocycles. The van der Waals surface area contributed by atoms with E-state index in [1.807, 2.05) is 13.0 Å². The Kier molecular flexibility index (Phi) is 7.25. The quantitative estimate of drug-likeness (QED) is 0.177. The van der Waals surface area contributed by atoms with Crippen molar-refractivity contribution in [2.75, 3.05) is 6.61 Å². The molecule has 196 valence electrons. The van der Waals surface area contributed by atoms with Crippen molar-refractivity contribution in [3.05, 3.63) is 116 Å². The minimum Gasteiger partial charge on any atom is -0.467 e. The lowest BCUT2D eigenvalue weighted by Crippen LogP contribution is -2.33. The van der Waals surface area contributed by atoms with Crippen LogP contribution in [0.2, 0.25) is 5.02 Å². The normalized spacial score (nSPS) is 12.0. The van der Waals surface area contributed by atoms with Crippen LogP contribution in [0.15, 0.2) is 87.3 Å². The molecule has 0 fully saturated rings. The van der Waals surface area contributed by atoms with Gasteiger partial charge in [0.2, 0.25) is 0 Å². The number of amides is 1. The molecule has 1 amide bonds. The molecule has 9 nitrogen and oxygen atoms in total. The number of nitrogens with zero attached hydrogens (tertiary/aromatic N) is 4. The zero-order chi connectivity index (χ0) is 27.5. The molecule has 0 N–H and O–H groups in total. The monoisotopic (exact) mass is 542 g/mol. The van der Waals surface area contributed by atoms with Crippen molar-refractivity contribution in [1.82, 2.24) is 14.0 Å². The summed E-state index contributed by atoms with van der Waals surface area (Å²) in [6.45, 7) is 3.65. The molecule has 1 aromatic carbocycles. The van der Waals surface area contributed by atoms with E-state index < -0.39 is 11.9 Å². The molecule has 0 atom stereocenters. The number of benzene rings is 1. The number of aryl methyl sites for hydroxylation is 1. The van der Waals surface area contributed by atoms with Crippen LogP contribution < -0.4 is 11.0 Å². The standard InChI is InChI=1S/C29H23ClN4O5/c1-3-38-29(37)23-16-22-26(32-25-18(2)6-4-14-33(25)28(22)36)34(17-21-7-5-15-39-21)27(23)31-24(35)13-10-19-8-11-20(30)12-9-19/h4-16H,3,17H2,1-2H3/b13-10-,31-27?. The molecule has 0 aliphatic carbocycles. The highest BCUT2D eigenvalue weighted by molar-refractivity contribution is 6.30. The summed E-state index contributed by atoms with van der Waals surface area (Å²) in [6.07, 6.45) is 5.99. The van der Waals surface area contributed by atoms with E-state index in [9.17, 15) is 14.4 Å². The minimum absolute atomic E-state index is 0.00654. The first-order valence-electron chi connectivity index (χ1n) is 12.1. The smallest absolute Gasteiger partial charge is 0.341 e. The fourth-order valence-electron chi connectivity index (χ4n) is 4.16. The van der Waals surface area contributed by atoms with Gasteiger partial charge in [0.15, 0.2) is 5.49 Å². The van der Waals surface area contributed by atoms with Crippen LogP contribution >= 0.6 is 11.6 Å². The van der Waals surface area contributed by atoms with E-state index in [-0.39, 0.29) is 40.8 Å². The van der Waals surface area contributed by atoms with Crippen molar-refractivity contribution in [3.8, 4) is 0 Å². The predicted octanol–water partition coefficient (Wildman–Crippen LogP) is 4.57. The molecule has 5 aromatic rings. The Labute approximate surface area is 227 Å². The first-order chi connectivity index (χ1) is 18.9. The number of hydrogen-bond donors (Lipinski definition) is 0. The summed E-state index contributed by atoms with van der Waals surface area (Å²) in [5.41, 5.74) is 1.77. The molecule has 0 aliphatic heterocycles. The fraction of sp³-hybridized carbons (Fsp3) is 0.138. The highest BCUT2D eigenvalue weighted by Crippen LogP contribution is 2.16. The Morgan fingerprint density at radius 1 is 1.13 bits per heavy atom. The second kappa shape index (κ2) is 10.9. The number of carbonyl (C=O) groups is 2. The van der Waals surface area contributed by atoms with Crippen molar-refractivity contribution >= 4 is 46.2 Å². The van der Waals surface area contributed by atoms with Crippen LogP contribution in [0.25, 0.3) is 22.8 Å². The number of esters is 1. The average molecular weight is 543 g/mol. The molecule has 39 heavy (non-hydrogen) atoms. The number of pyridine rings is 2. The van der Waals surface area contributed by atoms with E-state index in [4.69, 9.17) is 25.7 Å². The lowest BCUT2D eigenvalue weighted by atomic mass is 10.2. The summed E-state index contributed by atoms with van der Waals surface area (Å²) in [5, 5.41) is 0.736. The molecule has 0 bridgehead atoms. The Balaban J connectivity index is 1.81. The number of aromatic nitrogens is 3. The van der Waals surface area contributed by atoms with Gasteiger partial charge in [0.25, 0.3) is 11.5 Å². The molecular weight excluding hydrogens is 520 g/mol. The summed E-state index contributed by atoms with van der Waals surface area (Å²) < 4.78 is 13.8. The van der Waals surface area contributed by atoms with Crippen molar-refractivity contribution in [1.29, 1.82) is 0 Å². The summed E-state index contributed by atoms with van der Waals surface area (Å²) in [6, 6.07) is 15.3. The largest absolute Gasteiger partial charge is 0.467 e. The number of rotatable bonds is 6. The zero-order valence-corrected chi connectivity index (χ0v) is 21.9. The third kappa shape index (κ3) is 5.30. The molecule has 0 aliphatic rings. The zero-order valence-electron chi connectivity index (χ0n) is 21.1. The highest BCUT2D eigenvalue weighted by Gasteiger charge is 2.21. The minimum atomic E-state index is -0.727. The molecule has 5 rings (SSSR count). The van der Waals surface area contributed by atoms with Gasteiger partial charge in [-0.3, -0.25) is 14.0 Å². The SMILES string of the molecule is CCOC(=O)c1cc2c(=O)n3cccc(C)c3nc2n(Cc2ccco2)c1=NC(=O)/C=C\c1ccc(Cl)cc1. The lowest BCUT2D eigenvalue weighted by molar-refractivity contribution is -0.113. The molecule has 0 radical (unpaired) electrons. The van der Waals surface area contributed by atoms with Gasteiger partial charge in [-0.1, -0.05) is 29.8 Å². The molecule has 4 aromatic heterocycles. The molecule has 0 unspecified atom stereocenters. The van der Waals surface area contributed by atoms with Crippen LogP contribution in [-0.2, 0) is 16.1 Å². The third-order valence-corrected chi connectivity index (χ3v) is 6.25. The highest BCUT2D eigenvalue weighted by atomic mass is 35.5. The van der Waals surface area contributed by atoms with Crippen molar-refractivity contribution < 1.29 is 18.7 Å². The first-order valence-corrected chi connectivity index (χ1v) is 12.5. The van der Waals surface area contributed by atoms with Gasteiger partial charge in [-0.05, 0) is 67.4 Å². The Bertz CT molecular complexity index is 1870. The van der Waals surface area contributed by atoms with E-state index >= 15 is 0 Å². The van der Waals surface area contributed by atoms with Gasteiger partial charge < -0.3 is 13.7 Å². The summed E-state index contributed by atoms with van der Waals surface area (Å²) in [5.74, 6) is -0.846. The predicted molar refractivity (Wildman–Crippen MR) is 147 cm³/mol. The van der Waals surface area contributed by atoms with E-state index in [0.717, 1.165) is 11.1 Å². The van der Waals surface area contributed by atoms with Gasteiger partial charge >= 0.3 is 5.97 Å². The van der Waals surface area contributed by atoms with Gasteiger partial charge in [-0.25, -0.2) is 9.78 Å². The van der Waals surface area contributed by atoms with Gasteiger partial charge in [0.05, 0.1) is 24.8 Å². The molecule has 0 saturated heterocycles. The maximum atomic E-state index is 13.6. The van der Waals surface area contributed by atoms with Crippen molar-refractivity contribution in [2.24, 2.45) is 4.99 Å². The van der Waals surface area contributed by atoms with E-state index in [1.54, 1.807) is 61.7 Å². The summed E-state index contributed by atoms with van der Waals surface area (Å²) in [7, 11) is 0. The Hall–Kier alpha value is -4.76. The molecule has 0 spiro atoms. The molecule has 10 heteroatoms. The topological polar surface area (TPSA) is 108 Å². The number of carbonyl (C=O) groups excluding carboxylic acids is 2. The van der Waals surface area contributed by atoms with Crippen LogP contribution in [-0.4, -0.2) is 32.4 Å². The van der Waals surface area contributed by atoms with Crippen LogP contribution in [0.3, 0.4) is 0 Å². The van der Waals surface area contributed by atoms with Crippen LogP contribution in [0.5, 0.6) is 0 Å². The van der Waals surface area contributed by atoms with Crippen molar-refractivity contribution in [3.63, 3.8) is 0 Å². The maximum Gasteiger partial charge on any atom is 0.341 e. The fourth-order valence-corrected chi connectivity index (χ4v) is 4.28. The number of fused-ring (bicyclic) bond motifs is 2. The number of ether oxygens (including phenoxy) is 1.